The molecular formula is C14H17N3O3. The highest BCUT2D eigenvalue weighted by Crippen LogP contribution is 2.30. The molecule has 2 rings (SSSR count). The van der Waals surface area contributed by atoms with Crippen molar-refractivity contribution in [3.63, 3.8) is 0 Å². The summed E-state index contributed by atoms with van der Waals surface area (Å²) in [7, 11) is 0. The predicted molar refractivity (Wildman–Crippen MR) is 78.0 cm³/mol. The quantitative estimate of drug-likeness (QED) is 0.647. The number of hydrogen-bond donors (Lipinski definition) is 1. The number of ether oxygens (including phenoxy) is 1. The molecule has 20 heavy (non-hydrogen) atoms. The second kappa shape index (κ2) is 6.29. The molecule has 0 radical (unpaired) electrons. The van der Waals surface area contributed by atoms with Gasteiger partial charge in [0.2, 0.25) is 0 Å². The number of nitrogens with zero attached hydrogens (tertiary/aromatic N) is 2. The van der Waals surface area contributed by atoms with Crippen molar-refractivity contribution in [3.05, 3.63) is 40.7 Å². The number of nitro groups is 1. The number of hydrogen-bond acceptors (Lipinski definition) is 5. The number of nitro benzene ring substituents is 1. The molecule has 0 saturated heterocycles. The molecule has 1 unspecified atom stereocenters. The van der Waals surface area contributed by atoms with Gasteiger partial charge in [0.15, 0.2) is 0 Å². The lowest BCUT2D eigenvalue weighted by molar-refractivity contribution is -0.383. The van der Waals surface area contributed by atoms with Gasteiger partial charge in [-0.25, -0.2) is 0 Å². The molecule has 6 heteroatoms. The summed E-state index contributed by atoms with van der Waals surface area (Å²) in [6, 6.07) is 4.99. The van der Waals surface area contributed by atoms with Crippen LogP contribution in [-0.2, 0) is 4.74 Å². The summed E-state index contributed by atoms with van der Waals surface area (Å²) < 4.78 is 5.36. The summed E-state index contributed by atoms with van der Waals surface area (Å²) in [6.45, 7) is 5.18. The lowest BCUT2D eigenvalue weighted by Gasteiger charge is -2.16. The number of anilines is 1. The van der Waals surface area contributed by atoms with Gasteiger partial charge in [-0.05, 0) is 26.0 Å². The predicted octanol–water partition coefficient (Wildman–Crippen LogP) is 2.98. The Morgan fingerprint density at radius 2 is 2.20 bits per heavy atom. The zero-order valence-electron chi connectivity index (χ0n) is 11.5. The van der Waals surface area contributed by atoms with Crippen molar-refractivity contribution >= 4 is 22.1 Å². The topological polar surface area (TPSA) is 77.3 Å². The van der Waals surface area contributed by atoms with Crippen LogP contribution in [0.15, 0.2) is 30.6 Å². The van der Waals surface area contributed by atoms with Crippen molar-refractivity contribution < 1.29 is 9.66 Å². The molecule has 0 aliphatic heterocycles. The van der Waals surface area contributed by atoms with E-state index in [1.54, 1.807) is 24.5 Å². The van der Waals surface area contributed by atoms with Gasteiger partial charge in [-0.1, -0.05) is 0 Å². The van der Waals surface area contributed by atoms with Gasteiger partial charge >= 0.3 is 0 Å². The Labute approximate surface area is 116 Å². The largest absolute Gasteiger partial charge is 0.380 e. The molecule has 1 aromatic carbocycles. The van der Waals surface area contributed by atoms with Gasteiger partial charge < -0.3 is 10.1 Å². The summed E-state index contributed by atoms with van der Waals surface area (Å²) >= 11 is 0. The first-order valence-electron chi connectivity index (χ1n) is 6.49. The Morgan fingerprint density at radius 3 is 2.90 bits per heavy atom. The molecule has 6 nitrogen and oxygen atoms in total. The third-order valence-corrected chi connectivity index (χ3v) is 2.97. The lowest BCUT2D eigenvalue weighted by atomic mass is 10.1. The first-order valence-corrected chi connectivity index (χ1v) is 6.49. The highest BCUT2D eigenvalue weighted by Gasteiger charge is 2.15. The van der Waals surface area contributed by atoms with E-state index in [0.29, 0.717) is 18.6 Å². The summed E-state index contributed by atoms with van der Waals surface area (Å²) in [5, 5.41) is 15.7. The molecule has 0 bridgehead atoms. The van der Waals surface area contributed by atoms with E-state index in [4.69, 9.17) is 4.74 Å². The third kappa shape index (κ3) is 3.03. The van der Waals surface area contributed by atoms with Crippen LogP contribution in [0.2, 0.25) is 0 Å². The normalized spacial score (nSPS) is 12.3. The van der Waals surface area contributed by atoms with E-state index in [1.165, 1.54) is 6.07 Å². The Morgan fingerprint density at radius 1 is 1.40 bits per heavy atom. The maximum Gasteiger partial charge on any atom is 0.277 e. The second-order valence-electron chi connectivity index (χ2n) is 4.52. The molecule has 106 valence electrons. The standard InChI is InChI=1S/C14H17N3O3/c1-3-20-9-10(2)16-13-4-5-14(17(18)19)11-6-7-15-8-12(11)13/h4-8,10,16H,3,9H2,1-2H3. The number of non-ortho nitro benzene ring substituents is 1. The average Bonchev–Trinajstić information content (AvgIpc) is 2.45. The average molecular weight is 275 g/mol. The molecule has 1 aromatic heterocycles. The monoisotopic (exact) mass is 275 g/mol. The van der Waals surface area contributed by atoms with Crippen LogP contribution >= 0.6 is 0 Å². The van der Waals surface area contributed by atoms with Crippen LogP contribution in [0.1, 0.15) is 13.8 Å². The molecular weight excluding hydrogens is 258 g/mol. The van der Waals surface area contributed by atoms with Gasteiger partial charge in [-0.3, -0.25) is 15.1 Å². The number of aromatic nitrogens is 1. The highest BCUT2D eigenvalue weighted by atomic mass is 16.6. The highest BCUT2D eigenvalue weighted by molar-refractivity contribution is 5.99. The minimum Gasteiger partial charge on any atom is -0.380 e. The maximum absolute atomic E-state index is 11.0. The summed E-state index contributed by atoms with van der Waals surface area (Å²) in [5.41, 5.74) is 0.913. The van der Waals surface area contributed by atoms with Crippen molar-refractivity contribution in [2.24, 2.45) is 0 Å². The van der Waals surface area contributed by atoms with Gasteiger partial charge in [0.25, 0.3) is 5.69 Å². The minimum atomic E-state index is -0.379. The Bertz CT molecular complexity index is 616. The summed E-state index contributed by atoms with van der Waals surface area (Å²) in [6.07, 6.45) is 3.20. The van der Waals surface area contributed by atoms with Crippen LogP contribution < -0.4 is 5.32 Å². The van der Waals surface area contributed by atoms with Gasteiger partial charge in [-0.2, -0.15) is 0 Å². The van der Waals surface area contributed by atoms with Crippen LogP contribution in [0.4, 0.5) is 11.4 Å². The van der Waals surface area contributed by atoms with Crippen molar-refractivity contribution in [2.75, 3.05) is 18.5 Å². The molecule has 0 aliphatic rings. The van der Waals surface area contributed by atoms with E-state index in [1.807, 2.05) is 13.8 Å². The minimum absolute atomic E-state index is 0.0883. The maximum atomic E-state index is 11.0. The number of rotatable bonds is 6. The molecule has 0 fully saturated rings. The van der Waals surface area contributed by atoms with Crippen molar-refractivity contribution in [2.45, 2.75) is 19.9 Å². The van der Waals surface area contributed by atoms with Crippen molar-refractivity contribution in [1.29, 1.82) is 0 Å². The molecule has 2 aromatic rings. The van der Waals surface area contributed by atoms with Crippen LogP contribution in [0, 0.1) is 10.1 Å². The fraction of sp³-hybridized carbons (Fsp3) is 0.357. The fourth-order valence-corrected chi connectivity index (χ4v) is 2.06. The van der Waals surface area contributed by atoms with Crippen LogP contribution in [0.3, 0.4) is 0 Å². The van der Waals surface area contributed by atoms with E-state index in [0.717, 1.165) is 11.1 Å². The van der Waals surface area contributed by atoms with E-state index in [9.17, 15) is 10.1 Å². The lowest BCUT2D eigenvalue weighted by Crippen LogP contribution is -2.21. The summed E-state index contributed by atoms with van der Waals surface area (Å²) in [4.78, 5) is 14.7. The number of fused-ring (bicyclic) bond motifs is 1. The van der Waals surface area contributed by atoms with Crippen molar-refractivity contribution in [3.8, 4) is 0 Å². The van der Waals surface area contributed by atoms with Gasteiger partial charge in [0.05, 0.1) is 16.9 Å². The molecule has 1 N–H and O–H groups in total. The number of pyridine rings is 1. The van der Waals surface area contributed by atoms with Crippen LogP contribution in [-0.4, -0.2) is 29.2 Å². The van der Waals surface area contributed by atoms with E-state index < -0.39 is 0 Å². The van der Waals surface area contributed by atoms with Gasteiger partial charge in [0, 0.05) is 42.2 Å². The SMILES string of the molecule is CCOCC(C)Nc1ccc([N+](=O)[O-])c2ccncc12. The third-order valence-electron chi connectivity index (χ3n) is 2.97. The molecule has 1 heterocycles. The number of nitrogens with one attached hydrogen (secondary N) is 1. The number of benzene rings is 1. The fourth-order valence-electron chi connectivity index (χ4n) is 2.06. The zero-order chi connectivity index (χ0) is 14.5. The molecule has 1 atom stereocenters. The Kier molecular flexibility index (Phi) is 4.47. The van der Waals surface area contributed by atoms with Crippen LogP contribution in [0.25, 0.3) is 10.8 Å². The van der Waals surface area contributed by atoms with Gasteiger partial charge in [0.1, 0.15) is 0 Å². The Hall–Kier alpha value is -2.21. The molecule has 0 saturated carbocycles. The molecule has 0 spiro atoms. The molecule has 0 amide bonds. The van der Waals surface area contributed by atoms with Crippen molar-refractivity contribution in [1.82, 2.24) is 4.98 Å². The second-order valence-corrected chi connectivity index (χ2v) is 4.52. The molecule has 0 aliphatic carbocycles. The summed E-state index contributed by atoms with van der Waals surface area (Å²) in [5.74, 6) is 0. The van der Waals surface area contributed by atoms with Gasteiger partial charge in [-0.15, -0.1) is 0 Å². The smallest absolute Gasteiger partial charge is 0.277 e. The van der Waals surface area contributed by atoms with E-state index in [-0.39, 0.29) is 16.7 Å². The zero-order valence-corrected chi connectivity index (χ0v) is 11.5. The first-order chi connectivity index (χ1) is 9.63. The van der Waals surface area contributed by atoms with E-state index in [2.05, 4.69) is 10.3 Å². The van der Waals surface area contributed by atoms with Crippen LogP contribution in [0.5, 0.6) is 0 Å². The van der Waals surface area contributed by atoms with E-state index >= 15 is 0 Å². The Balaban J connectivity index is 2.35. The first kappa shape index (κ1) is 14.2.